The summed E-state index contributed by atoms with van der Waals surface area (Å²) in [6.45, 7) is 0. The number of aromatic carboxylic acids is 1. The SMILES string of the molecule is O=C(O)c1ccc2c3n[nH]nc3cccc1-2. The van der Waals surface area contributed by atoms with Gasteiger partial charge in [-0.1, -0.05) is 18.2 Å². The van der Waals surface area contributed by atoms with Crippen molar-refractivity contribution in [2.24, 2.45) is 0 Å². The largest absolute Gasteiger partial charge is 0.478 e. The first-order chi connectivity index (χ1) is 7.77. The summed E-state index contributed by atoms with van der Waals surface area (Å²) in [4.78, 5) is 11.0. The summed E-state index contributed by atoms with van der Waals surface area (Å²) in [5, 5.41) is 19.6. The van der Waals surface area contributed by atoms with Crippen molar-refractivity contribution in [1.82, 2.24) is 15.4 Å². The molecule has 0 fully saturated rings. The Balaban J connectivity index is 2.43. The van der Waals surface area contributed by atoms with Crippen LogP contribution in [0.5, 0.6) is 0 Å². The Morgan fingerprint density at radius 2 is 2.00 bits per heavy atom. The van der Waals surface area contributed by atoms with E-state index in [-0.39, 0.29) is 5.56 Å². The number of carboxylic acid groups (broad SMARTS) is 1. The molecule has 0 unspecified atom stereocenters. The highest BCUT2D eigenvalue weighted by atomic mass is 16.4. The van der Waals surface area contributed by atoms with Crippen LogP contribution < -0.4 is 0 Å². The molecule has 1 heterocycles. The van der Waals surface area contributed by atoms with E-state index in [1.165, 1.54) is 0 Å². The van der Waals surface area contributed by atoms with Gasteiger partial charge in [-0.25, -0.2) is 4.79 Å². The Bertz CT molecular complexity index is 659. The number of carbonyl (C=O) groups is 1. The van der Waals surface area contributed by atoms with Crippen LogP contribution in [0, 0.1) is 0 Å². The molecular weight excluding hydrogens is 206 g/mol. The Morgan fingerprint density at radius 3 is 2.81 bits per heavy atom. The lowest BCUT2D eigenvalue weighted by Crippen LogP contribution is -1.94. The number of H-pyrrole nitrogens is 1. The van der Waals surface area contributed by atoms with E-state index in [1.54, 1.807) is 30.3 Å². The first-order valence-corrected chi connectivity index (χ1v) is 4.73. The molecule has 3 rings (SSSR count). The van der Waals surface area contributed by atoms with Crippen LogP contribution in [0.2, 0.25) is 0 Å². The van der Waals surface area contributed by atoms with Crippen molar-refractivity contribution in [3.63, 3.8) is 0 Å². The van der Waals surface area contributed by atoms with Gasteiger partial charge in [0.05, 0.1) is 5.56 Å². The van der Waals surface area contributed by atoms with Gasteiger partial charge in [0.25, 0.3) is 0 Å². The van der Waals surface area contributed by atoms with E-state index in [9.17, 15) is 4.79 Å². The van der Waals surface area contributed by atoms with Gasteiger partial charge in [0.1, 0.15) is 11.0 Å². The fourth-order valence-electron chi connectivity index (χ4n) is 1.85. The van der Waals surface area contributed by atoms with Crippen LogP contribution in [0.4, 0.5) is 0 Å². The van der Waals surface area contributed by atoms with Crippen LogP contribution in [-0.2, 0) is 0 Å². The van der Waals surface area contributed by atoms with Crippen LogP contribution in [0.1, 0.15) is 10.4 Å². The minimum absolute atomic E-state index is 0.288. The molecule has 78 valence electrons. The third kappa shape index (κ3) is 1.08. The van der Waals surface area contributed by atoms with Crippen molar-refractivity contribution in [3.8, 4) is 11.1 Å². The highest BCUT2D eigenvalue weighted by molar-refractivity contribution is 6.03. The molecule has 0 aromatic carbocycles. The molecule has 2 aliphatic carbocycles. The smallest absolute Gasteiger partial charge is 0.336 e. The van der Waals surface area contributed by atoms with Crippen LogP contribution in [0.15, 0.2) is 30.3 Å². The average Bonchev–Trinajstić information content (AvgIpc) is 2.82. The van der Waals surface area contributed by atoms with Crippen molar-refractivity contribution < 1.29 is 9.90 Å². The van der Waals surface area contributed by atoms with Gasteiger partial charge in [0, 0.05) is 5.56 Å². The molecule has 2 N–H and O–H groups in total. The number of nitrogens with zero attached hydrogens (tertiary/aromatic N) is 2. The van der Waals surface area contributed by atoms with Gasteiger partial charge < -0.3 is 5.11 Å². The lowest BCUT2D eigenvalue weighted by atomic mass is 10.1. The molecule has 0 spiro atoms. The molecule has 1 aromatic heterocycles. The number of aromatic nitrogens is 3. The monoisotopic (exact) mass is 213 g/mol. The van der Waals surface area contributed by atoms with Crippen molar-refractivity contribution >= 4 is 17.0 Å². The summed E-state index contributed by atoms with van der Waals surface area (Å²) in [7, 11) is 0. The van der Waals surface area contributed by atoms with Crippen LogP contribution in [0.3, 0.4) is 0 Å². The van der Waals surface area contributed by atoms with Gasteiger partial charge in [0.2, 0.25) is 0 Å². The first kappa shape index (κ1) is 8.84. The predicted octanol–water partition coefficient (Wildman–Crippen LogP) is 1.76. The fraction of sp³-hybridized carbons (Fsp3) is 0. The van der Waals surface area contributed by atoms with Gasteiger partial charge in [-0.15, -0.1) is 0 Å². The number of rotatable bonds is 1. The van der Waals surface area contributed by atoms with Gasteiger partial charge in [-0.2, -0.15) is 15.4 Å². The summed E-state index contributed by atoms with van der Waals surface area (Å²) in [5.74, 6) is -0.933. The Morgan fingerprint density at radius 1 is 1.12 bits per heavy atom. The van der Waals surface area contributed by atoms with E-state index < -0.39 is 5.97 Å². The summed E-state index contributed by atoms with van der Waals surface area (Å²) >= 11 is 0. The van der Waals surface area contributed by atoms with E-state index in [0.29, 0.717) is 11.1 Å². The lowest BCUT2D eigenvalue weighted by molar-refractivity contribution is 0.0698. The Hall–Kier alpha value is -2.43. The molecule has 0 saturated heterocycles. The third-order valence-electron chi connectivity index (χ3n) is 2.57. The van der Waals surface area contributed by atoms with Crippen LogP contribution >= 0.6 is 0 Å². The van der Waals surface area contributed by atoms with Gasteiger partial charge in [-0.05, 0) is 17.7 Å². The lowest BCUT2D eigenvalue weighted by Gasteiger charge is -1.94. The zero-order valence-electron chi connectivity index (χ0n) is 8.14. The molecule has 16 heavy (non-hydrogen) atoms. The second kappa shape index (κ2) is 3.03. The topological polar surface area (TPSA) is 78.9 Å². The average molecular weight is 213 g/mol. The molecular formula is C11H7N3O2. The molecule has 2 aliphatic rings. The highest BCUT2D eigenvalue weighted by Gasteiger charge is 2.17. The van der Waals surface area contributed by atoms with Gasteiger partial charge in [-0.3, -0.25) is 0 Å². The van der Waals surface area contributed by atoms with Crippen molar-refractivity contribution in [2.75, 3.05) is 0 Å². The van der Waals surface area contributed by atoms with Gasteiger partial charge >= 0.3 is 5.97 Å². The summed E-state index contributed by atoms with van der Waals surface area (Å²) < 4.78 is 0. The normalized spacial score (nSPS) is 11.0. The number of hydrogen-bond acceptors (Lipinski definition) is 3. The second-order valence-corrected chi connectivity index (χ2v) is 3.46. The molecule has 5 heteroatoms. The summed E-state index contributed by atoms with van der Waals surface area (Å²) in [6.07, 6.45) is 0. The molecule has 0 aliphatic heterocycles. The number of nitrogens with one attached hydrogen (secondary N) is 1. The van der Waals surface area contributed by atoms with Crippen LogP contribution in [0.25, 0.3) is 22.2 Å². The summed E-state index contributed by atoms with van der Waals surface area (Å²) in [6, 6.07) is 8.68. The number of hydrogen-bond donors (Lipinski definition) is 2. The van der Waals surface area contributed by atoms with E-state index in [2.05, 4.69) is 15.4 Å². The van der Waals surface area contributed by atoms with E-state index in [0.717, 1.165) is 11.1 Å². The molecule has 1 aromatic rings. The predicted molar refractivity (Wildman–Crippen MR) is 57.5 cm³/mol. The number of fused-ring (bicyclic) bond motifs is 3. The molecule has 0 bridgehead atoms. The Labute approximate surface area is 90.1 Å². The van der Waals surface area contributed by atoms with E-state index in [4.69, 9.17) is 5.11 Å². The second-order valence-electron chi connectivity index (χ2n) is 3.46. The Kier molecular flexibility index (Phi) is 1.67. The first-order valence-electron chi connectivity index (χ1n) is 4.73. The van der Waals surface area contributed by atoms with Crippen molar-refractivity contribution in [3.05, 3.63) is 35.9 Å². The minimum Gasteiger partial charge on any atom is -0.478 e. The maximum atomic E-state index is 11.0. The quantitative estimate of drug-likeness (QED) is 0.645. The standard InChI is InChI=1S/C11H7N3O2/c15-11(16)8-5-4-7-6(8)2-1-3-9-10(7)13-14-12-9/h1-5H,(H,15,16)(H,12,13,14). The van der Waals surface area contributed by atoms with Gasteiger partial charge in [0.15, 0.2) is 0 Å². The van der Waals surface area contributed by atoms with Crippen LogP contribution in [-0.4, -0.2) is 26.5 Å². The highest BCUT2D eigenvalue weighted by Crippen LogP contribution is 2.31. The fourth-order valence-corrected chi connectivity index (χ4v) is 1.85. The van der Waals surface area contributed by atoms with E-state index >= 15 is 0 Å². The molecule has 0 atom stereocenters. The zero-order valence-corrected chi connectivity index (χ0v) is 8.14. The van der Waals surface area contributed by atoms with E-state index in [1.807, 2.05) is 0 Å². The molecule has 0 saturated carbocycles. The zero-order chi connectivity index (χ0) is 11.1. The number of carboxylic acids is 1. The van der Waals surface area contributed by atoms with Crippen molar-refractivity contribution in [1.29, 1.82) is 0 Å². The minimum atomic E-state index is -0.933. The third-order valence-corrected chi connectivity index (χ3v) is 2.57. The molecule has 0 amide bonds. The maximum Gasteiger partial charge on any atom is 0.336 e. The van der Waals surface area contributed by atoms with Crippen molar-refractivity contribution in [2.45, 2.75) is 0 Å². The molecule has 0 radical (unpaired) electrons. The summed E-state index contributed by atoms with van der Waals surface area (Å²) in [5.41, 5.74) is 3.17. The number of aromatic amines is 1. The molecule has 5 nitrogen and oxygen atoms in total. The maximum absolute atomic E-state index is 11.0.